The summed E-state index contributed by atoms with van der Waals surface area (Å²) < 4.78 is 5.42. The van der Waals surface area contributed by atoms with Crippen molar-refractivity contribution in [3.63, 3.8) is 0 Å². The van der Waals surface area contributed by atoms with Gasteiger partial charge in [-0.05, 0) is 42.8 Å². The van der Waals surface area contributed by atoms with Crippen molar-refractivity contribution in [2.75, 3.05) is 7.05 Å². The fourth-order valence-electron chi connectivity index (χ4n) is 2.63. The molecule has 20 heavy (non-hydrogen) atoms. The number of furan rings is 1. The summed E-state index contributed by atoms with van der Waals surface area (Å²) in [5.41, 5.74) is 2.54. The molecular weight excluding hydrogens is 246 g/mol. The van der Waals surface area contributed by atoms with Crippen molar-refractivity contribution in [1.82, 2.24) is 5.32 Å². The smallest absolute Gasteiger partial charge is 0.101 e. The summed E-state index contributed by atoms with van der Waals surface area (Å²) in [7, 11) is 1.99. The van der Waals surface area contributed by atoms with E-state index in [1.807, 2.05) is 20.2 Å². The molecule has 0 aliphatic rings. The summed E-state index contributed by atoms with van der Waals surface area (Å²) in [5, 5.41) is 5.95. The van der Waals surface area contributed by atoms with Gasteiger partial charge in [0.15, 0.2) is 0 Å². The Morgan fingerprint density at radius 1 is 1.05 bits per heavy atom. The summed E-state index contributed by atoms with van der Waals surface area (Å²) in [4.78, 5) is 0. The lowest BCUT2D eigenvalue weighted by molar-refractivity contribution is 0.520. The summed E-state index contributed by atoms with van der Waals surface area (Å²) in [6.07, 6.45) is 2.80. The van der Waals surface area contributed by atoms with Crippen LogP contribution in [0.2, 0.25) is 0 Å². The van der Waals surface area contributed by atoms with Gasteiger partial charge in [-0.25, -0.2) is 0 Å². The predicted molar refractivity (Wildman–Crippen MR) is 82.9 cm³/mol. The molecule has 0 spiro atoms. The van der Waals surface area contributed by atoms with E-state index in [0.29, 0.717) is 0 Å². The molecule has 2 nitrogen and oxygen atoms in total. The Kier molecular flexibility index (Phi) is 3.57. The Morgan fingerprint density at radius 2 is 1.85 bits per heavy atom. The second-order valence-electron chi connectivity index (χ2n) is 5.22. The summed E-state index contributed by atoms with van der Waals surface area (Å²) in [6.45, 7) is 1.98. The molecule has 0 saturated heterocycles. The Bertz CT molecular complexity index is 714. The first-order valence-electron chi connectivity index (χ1n) is 6.96. The van der Waals surface area contributed by atoms with Gasteiger partial charge in [0.1, 0.15) is 5.76 Å². The van der Waals surface area contributed by atoms with Crippen LogP contribution in [0.3, 0.4) is 0 Å². The van der Waals surface area contributed by atoms with E-state index < -0.39 is 0 Å². The van der Waals surface area contributed by atoms with E-state index in [9.17, 15) is 0 Å². The van der Waals surface area contributed by atoms with Gasteiger partial charge in [-0.15, -0.1) is 0 Å². The number of fused-ring (bicyclic) bond motifs is 1. The van der Waals surface area contributed by atoms with Crippen molar-refractivity contribution in [3.8, 4) is 0 Å². The Labute approximate surface area is 119 Å². The van der Waals surface area contributed by atoms with E-state index in [0.717, 1.165) is 12.2 Å². The van der Waals surface area contributed by atoms with E-state index in [1.54, 1.807) is 0 Å². The van der Waals surface area contributed by atoms with Crippen molar-refractivity contribution in [2.24, 2.45) is 0 Å². The van der Waals surface area contributed by atoms with E-state index in [4.69, 9.17) is 4.42 Å². The standard InChI is InChI=1S/C18H19NO/c1-13-9-17(12-20-13)18(19-2)11-14-7-8-15-5-3-4-6-16(15)10-14/h3-10,12,18-19H,11H2,1-2H3. The van der Waals surface area contributed by atoms with E-state index in [1.165, 1.54) is 21.9 Å². The molecule has 3 aromatic rings. The minimum atomic E-state index is 0.286. The van der Waals surface area contributed by atoms with Crippen molar-refractivity contribution in [3.05, 3.63) is 71.7 Å². The van der Waals surface area contributed by atoms with Crippen LogP contribution in [0.25, 0.3) is 10.8 Å². The van der Waals surface area contributed by atoms with Crippen LogP contribution in [0.4, 0.5) is 0 Å². The zero-order valence-electron chi connectivity index (χ0n) is 11.9. The monoisotopic (exact) mass is 265 g/mol. The quantitative estimate of drug-likeness (QED) is 0.763. The average Bonchev–Trinajstić information content (AvgIpc) is 2.91. The van der Waals surface area contributed by atoms with Gasteiger partial charge < -0.3 is 9.73 Å². The second kappa shape index (κ2) is 5.51. The number of hydrogen-bond acceptors (Lipinski definition) is 2. The lowest BCUT2D eigenvalue weighted by Gasteiger charge is -2.14. The SMILES string of the molecule is CNC(Cc1ccc2ccccc2c1)c1coc(C)c1. The highest BCUT2D eigenvalue weighted by Crippen LogP contribution is 2.23. The van der Waals surface area contributed by atoms with E-state index in [2.05, 4.69) is 53.8 Å². The molecule has 1 unspecified atom stereocenters. The van der Waals surface area contributed by atoms with Gasteiger partial charge in [-0.1, -0.05) is 42.5 Å². The van der Waals surface area contributed by atoms with Gasteiger partial charge in [0.25, 0.3) is 0 Å². The van der Waals surface area contributed by atoms with Crippen LogP contribution in [-0.4, -0.2) is 7.05 Å². The maximum Gasteiger partial charge on any atom is 0.101 e. The molecule has 0 radical (unpaired) electrons. The van der Waals surface area contributed by atoms with Crippen molar-refractivity contribution >= 4 is 10.8 Å². The lowest BCUT2D eigenvalue weighted by Crippen LogP contribution is -2.18. The first-order valence-corrected chi connectivity index (χ1v) is 6.96. The molecule has 0 saturated carbocycles. The van der Waals surface area contributed by atoms with E-state index in [-0.39, 0.29) is 6.04 Å². The molecule has 1 N–H and O–H groups in total. The van der Waals surface area contributed by atoms with Crippen LogP contribution >= 0.6 is 0 Å². The number of likely N-dealkylation sites (N-methyl/N-ethyl adjacent to an activating group) is 1. The van der Waals surface area contributed by atoms with Crippen LogP contribution in [0.5, 0.6) is 0 Å². The third-order valence-electron chi connectivity index (χ3n) is 3.76. The maximum absolute atomic E-state index is 5.42. The molecule has 2 heteroatoms. The van der Waals surface area contributed by atoms with Crippen molar-refractivity contribution in [1.29, 1.82) is 0 Å². The first-order chi connectivity index (χ1) is 9.76. The zero-order valence-corrected chi connectivity index (χ0v) is 11.9. The maximum atomic E-state index is 5.42. The van der Waals surface area contributed by atoms with Crippen molar-refractivity contribution < 1.29 is 4.42 Å². The van der Waals surface area contributed by atoms with Gasteiger partial charge in [0, 0.05) is 11.6 Å². The highest BCUT2D eigenvalue weighted by molar-refractivity contribution is 5.83. The van der Waals surface area contributed by atoms with Gasteiger partial charge >= 0.3 is 0 Å². The Hall–Kier alpha value is -2.06. The lowest BCUT2D eigenvalue weighted by atomic mass is 9.98. The normalized spacial score (nSPS) is 12.7. The first kappa shape index (κ1) is 12.9. The van der Waals surface area contributed by atoms with E-state index >= 15 is 0 Å². The third-order valence-corrected chi connectivity index (χ3v) is 3.76. The molecule has 1 heterocycles. The molecule has 1 atom stereocenters. The molecule has 0 aliphatic heterocycles. The Balaban J connectivity index is 1.87. The largest absolute Gasteiger partial charge is 0.469 e. The highest BCUT2D eigenvalue weighted by atomic mass is 16.3. The summed E-state index contributed by atoms with van der Waals surface area (Å²) >= 11 is 0. The molecule has 102 valence electrons. The fourth-order valence-corrected chi connectivity index (χ4v) is 2.63. The zero-order chi connectivity index (χ0) is 13.9. The molecule has 0 bridgehead atoms. The third kappa shape index (κ3) is 2.61. The van der Waals surface area contributed by atoms with Crippen LogP contribution in [0, 0.1) is 6.92 Å². The predicted octanol–water partition coefficient (Wildman–Crippen LogP) is 4.24. The van der Waals surface area contributed by atoms with Crippen LogP contribution < -0.4 is 5.32 Å². The molecule has 1 aromatic heterocycles. The van der Waals surface area contributed by atoms with Gasteiger partial charge in [-0.2, -0.15) is 0 Å². The number of rotatable bonds is 4. The highest BCUT2D eigenvalue weighted by Gasteiger charge is 2.12. The fraction of sp³-hybridized carbons (Fsp3) is 0.222. The molecule has 2 aromatic carbocycles. The molecule has 0 aliphatic carbocycles. The Morgan fingerprint density at radius 3 is 2.55 bits per heavy atom. The number of benzene rings is 2. The molecule has 0 amide bonds. The number of nitrogens with one attached hydrogen (secondary N) is 1. The van der Waals surface area contributed by atoms with Crippen LogP contribution in [0.15, 0.2) is 59.2 Å². The summed E-state index contributed by atoms with van der Waals surface area (Å²) in [5.74, 6) is 0.957. The second-order valence-corrected chi connectivity index (χ2v) is 5.22. The molecule has 0 fully saturated rings. The topological polar surface area (TPSA) is 25.2 Å². The minimum absolute atomic E-state index is 0.286. The minimum Gasteiger partial charge on any atom is -0.469 e. The molecular formula is C18H19NO. The summed E-state index contributed by atoms with van der Waals surface area (Å²) in [6, 6.07) is 17.5. The van der Waals surface area contributed by atoms with Crippen molar-refractivity contribution in [2.45, 2.75) is 19.4 Å². The number of hydrogen-bond donors (Lipinski definition) is 1. The van der Waals surface area contributed by atoms with Gasteiger partial charge in [-0.3, -0.25) is 0 Å². The van der Waals surface area contributed by atoms with Crippen LogP contribution in [-0.2, 0) is 6.42 Å². The van der Waals surface area contributed by atoms with Gasteiger partial charge in [0.2, 0.25) is 0 Å². The van der Waals surface area contributed by atoms with Crippen LogP contribution in [0.1, 0.15) is 22.9 Å². The number of aryl methyl sites for hydroxylation is 1. The van der Waals surface area contributed by atoms with Gasteiger partial charge in [0.05, 0.1) is 6.26 Å². The molecule has 3 rings (SSSR count). The average molecular weight is 265 g/mol.